The molecule has 0 saturated heterocycles. The molecule has 0 heterocycles. The van der Waals surface area contributed by atoms with E-state index in [1.807, 2.05) is 0 Å². The van der Waals surface area contributed by atoms with Crippen molar-refractivity contribution < 1.29 is 10.2 Å². The number of fused-ring (bicyclic) bond motifs is 5. The Balaban J connectivity index is 1.65. The highest BCUT2D eigenvalue weighted by atomic mass is 16.3. The number of hydrogen-bond donors (Lipinski definition) is 2. The molecule has 4 rings (SSSR count). The maximum absolute atomic E-state index is 10.4. The Kier molecular flexibility index (Phi) is 5.73. The van der Waals surface area contributed by atoms with Crippen molar-refractivity contribution in [3.05, 3.63) is 0 Å². The number of aliphatic hydroxyl groups excluding tert-OH is 2. The van der Waals surface area contributed by atoms with Gasteiger partial charge in [-0.1, -0.05) is 41.0 Å². The van der Waals surface area contributed by atoms with Gasteiger partial charge in [0.15, 0.2) is 0 Å². The molecule has 8 unspecified atom stereocenters. The highest BCUT2D eigenvalue weighted by Crippen LogP contribution is 2.74. The third-order valence-corrected chi connectivity index (χ3v) is 12.1. The van der Waals surface area contributed by atoms with E-state index in [0.717, 1.165) is 36.5 Å². The topological polar surface area (TPSA) is 40.5 Å². The molecule has 2 heteroatoms. The van der Waals surface area contributed by atoms with Crippen molar-refractivity contribution in [1.29, 1.82) is 0 Å². The average Bonchev–Trinajstić information content (AvgIpc) is 3.15. The van der Waals surface area contributed by atoms with E-state index in [1.165, 1.54) is 64.2 Å². The van der Waals surface area contributed by atoms with Gasteiger partial charge < -0.3 is 10.2 Å². The molecule has 0 aliphatic heterocycles. The average molecular weight is 405 g/mol. The van der Waals surface area contributed by atoms with Gasteiger partial charge in [-0.2, -0.15) is 0 Å². The fourth-order valence-corrected chi connectivity index (χ4v) is 9.62. The minimum atomic E-state index is -0.127. The summed E-state index contributed by atoms with van der Waals surface area (Å²) in [4.78, 5) is 0. The SMILES string of the molecule is CCC(O)CCC1(C)C(C)CCC2(C)C1CCC1C3CCCC3(CO)CC[C@]12C. The predicted octanol–water partition coefficient (Wildman–Crippen LogP) is 6.59. The van der Waals surface area contributed by atoms with Gasteiger partial charge in [-0.15, -0.1) is 0 Å². The molecule has 4 aliphatic rings. The lowest BCUT2D eigenvalue weighted by Gasteiger charge is -2.70. The van der Waals surface area contributed by atoms with Crippen molar-refractivity contribution >= 4 is 0 Å². The van der Waals surface area contributed by atoms with Gasteiger partial charge in [0, 0.05) is 6.61 Å². The Morgan fingerprint density at radius 3 is 2.34 bits per heavy atom. The predicted molar refractivity (Wildman–Crippen MR) is 121 cm³/mol. The van der Waals surface area contributed by atoms with E-state index in [4.69, 9.17) is 0 Å². The first-order valence-electron chi connectivity index (χ1n) is 13.0. The quantitative estimate of drug-likeness (QED) is 0.543. The zero-order chi connectivity index (χ0) is 21.1. The number of rotatable bonds is 5. The molecule has 9 atom stereocenters. The van der Waals surface area contributed by atoms with Crippen molar-refractivity contribution in [1.82, 2.24) is 0 Å². The number of hydrogen-bond acceptors (Lipinski definition) is 2. The summed E-state index contributed by atoms with van der Waals surface area (Å²) in [5, 5.41) is 20.7. The molecule has 0 aromatic rings. The summed E-state index contributed by atoms with van der Waals surface area (Å²) >= 11 is 0. The maximum Gasteiger partial charge on any atom is 0.0537 e. The van der Waals surface area contributed by atoms with Crippen LogP contribution in [0.1, 0.15) is 112 Å². The molecule has 0 aromatic carbocycles. The van der Waals surface area contributed by atoms with Crippen LogP contribution in [0.4, 0.5) is 0 Å². The third kappa shape index (κ3) is 3.01. The summed E-state index contributed by atoms with van der Waals surface area (Å²) in [7, 11) is 0. The van der Waals surface area contributed by atoms with Gasteiger partial charge in [0.25, 0.3) is 0 Å². The Hall–Kier alpha value is -0.0800. The van der Waals surface area contributed by atoms with Crippen LogP contribution in [0.15, 0.2) is 0 Å². The fraction of sp³-hybridized carbons (Fsp3) is 1.00. The first-order valence-corrected chi connectivity index (χ1v) is 13.0. The fourth-order valence-electron chi connectivity index (χ4n) is 9.62. The molecule has 168 valence electrons. The molecule has 0 aromatic heterocycles. The van der Waals surface area contributed by atoms with Crippen molar-refractivity contribution in [2.24, 2.45) is 45.3 Å². The Bertz CT molecular complexity index is 603. The third-order valence-electron chi connectivity index (χ3n) is 12.1. The summed E-state index contributed by atoms with van der Waals surface area (Å²) in [6.07, 6.45) is 14.9. The van der Waals surface area contributed by atoms with Crippen LogP contribution < -0.4 is 0 Å². The molecule has 0 amide bonds. The van der Waals surface area contributed by atoms with Crippen LogP contribution in [0, 0.1) is 45.3 Å². The first kappa shape index (κ1) is 22.1. The van der Waals surface area contributed by atoms with Crippen LogP contribution in [0.25, 0.3) is 0 Å². The van der Waals surface area contributed by atoms with E-state index < -0.39 is 0 Å². The normalized spacial score (nSPS) is 53.1. The summed E-state index contributed by atoms with van der Waals surface area (Å²) in [6.45, 7) is 13.0. The van der Waals surface area contributed by atoms with Gasteiger partial charge in [-0.25, -0.2) is 0 Å². The van der Waals surface area contributed by atoms with Crippen LogP contribution in [0.2, 0.25) is 0 Å². The molecule has 29 heavy (non-hydrogen) atoms. The van der Waals surface area contributed by atoms with Crippen LogP contribution in [-0.2, 0) is 0 Å². The van der Waals surface area contributed by atoms with Crippen molar-refractivity contribution in [3.63, 3.8) is 0 Å². The molecular formula is C27H48O2. The summed E-state index contributed by atoms with van der Waals surface area (Å²) in [6, 6.07) is 0. The molecule has 0 radical (unpaired) electrons. The highest BCUT2D eigenvalue weighted by Gasteiger charge is 2.67. The lowest BCUT2D eigenvalue weighted by molar-refractivity contribution is -0.218. The van der Waals surface area contributed by atoms with Crippen LogP contribution >= 0.6 is 0 Å². The molecular weight excluding hydrogens is 356 g/mol. The largest absolute Gasteiger partial charge is 0.396 e. The minimum Gasteiger partial charge on any atom is -0.396 e. The minimum absolute atomic E-state index is 0.127. The zero-order valence-corrected chi connectivity index (χ0v) is 20.0. The second-order valence-electron chi connectivity index (χ2n) is 12.6. The van der Waals surface area contributed by atoms with Crippen LogP contribution in [0.5, 0.6) is 0 Å². The summed E-state index contributed by atoms with van der Waals surface area (Å²) < 4.78 is 0. The Labute approximate surface area is 180 Å². The smallest absolute Gasteiger partial charge is 0.0537 e. The second-order valence-corrected chi connectivity index (χ2v) is 12.6. The molecule has 2 N–H and O–H groups in total. The van der Waals surface area contributed by atoms with E-state index in [9.17, 15) is 10.2 Å². The first-order chi connectivity index (χ1) is 13.7. The lowest BCUT2D eigenvalue weighted by Crippen LogP contribution is -2.63. The van der Waals surface area contributed by atoms with Gasteiger partial charge in [0.2, 0.25) is 0 Å². The molecule has 4 aliphatic carbocycles. The summed E-state index contributed by atoms with van der Waals surface area (Å²) in [5.41, 5.74) is 1.45. The highest BCUT2D eigenvalue weighted by molar-refractivity contribution is 5.16. The Morgan fingerprint density at radius 2 is 1.66 bits per heavy atom. The van der Waals surface area contributed by atoms with Gasteiger partial charge >= 0.3 is 0 Å². The maximum atomic E-state index is 10.4. The van der Waals surface area contributed by atoms with Gasteiger partial charge in [0.1, 0.15) is 0 Å². The molecule has 2 nitrogen and oxygen atoms in total. The molecule has 4 fully saturated rings. The standard InChI is InChI=1S/C27H48O2/c1-6-20(29)12-14-24(3)19(2)11-15-26(5)23(24)10-9-21-22-8-7-13-27(22,18-28)17-16-25(21,26)4/h19-23,28-29H,6-18H2,1-5H3/t19?,20?,21?,22?,23?,24?,25-,26?,27?/m1/s1. The molecule has 4 saturated carbocycles. The van der Waals surface area contributed by atoms with Gasteiger partial charge in [-0.3, -0.25) is 0 Å². The molecule has 0 bridgehead atoms. The van der Waals surface area contributed by atoms with E-state index >= 15 is 0 Å². The van der Waals surface area contributed by atoms with E-state index in [1.54, 1.807) is 0 Å². The van der Waals surface area contributed by atoms with Gasteiger partial charge in [-0.05, 0) is 116 Å². The van der Waals surface area contributed by atoms with Crippen LogP contribution in [0.3, 0.4) is 0 Å². The van der Waals surface area contributed by atoms with Crippen molar-refractivity contribution in [2.45, 2.75) is 118 Å². The van der Waals surface area contributed by atoms with E-state index in [-0.39, 0.29) is 11.5 Å². The summed E-state index contributed by atoms with van der Waals surface area (Å²) in [5.74, 6) is 3.12. The lowest BCUT2D eigenvalue weighted by atomic mass is 9.34. The van der Waals surface area contributed by atoms with E-state index in [2.05, 4.69) is 34.6 Å². The zero-order valence-electron chi connectivity index (χ0n) is 20.0. The van der Waals surface area contributed by atoms with Crippen molar-refractivity contribution in [3.8, 4) is 0 Å². The monoisotopic (exact) mass is 404 g/mol. The van der Waals surface area contributed by atoms with Crippen LogP contribution in [-0.4, -0.2) is 22.9 Å². The number of aliphatic hydroxyl groups is 2. The van der Waals surface area contributed by atoms with Gasteiger partial charge in [0.05, 0.1) is 6.10 Å². The van der Waals surface area contributed by atoms with Crippen molar-refractivity contribution in [2.75, 3.05) is 6.61 Å². The van der Waals surface area contributed by atoms with E-state index in [0.29, 0.717) is 22.9 Å². The molecule has 0 spiro atoms. The Morgan fingerprint density at radius 1 is 0.897 bits per heavy atom. The second kappa shape index (κ2) is 7.51.